The summed E-state index contributed by atoms with van der Waals surface area (Å²) in [5.74, 6) is -0.490. The molecule has 192 valence electrons. The van der Waals surface area contributed by atoms with E-state index in [1.807, 2.05) is 38.1 Å². The van der Waals surface area contributed by atoms with Crippen molar-refractivity contribution in [2.45, 2.75) is 69.8 Å². The minimum Gasteiger partial charge on any atom is -0.390 e. The van der Waals surface area contributed by atoms with Gasteiger partial charge in [0.2, 0.25) is 0 Å². The van der Waals surface area contributed by atoms with Crippen molar-refractivity contribution in [3.63, 3.8) is 0 Å². The minimum atomic E-state index is -3.13. The van der Waals surface area contributed by atoms with Gasteiger partial charge in [0.05, 0.1) is 17.5 Å². The Labute approximate surface area is 206 Å². The summed E-state index contributed by atoms with van der Waals surface area (Å²) < 4.78 is 24.2. The van der Waals surface area contributed by atoms with E-state index in [0.717, 1.165) is 42.8 Å². The van der Waals surface area contributed by atoms with Gasteiger partial charge >= 0.3 is 0 Å². The lowest BCUT2D eigenvalue weighted by molar-refractivity contribution is 0.0509. The van der Waals surface area contributed by atoms with Crippen LogP contribution >= 0.6 is 0 Å². The molecule has 35 heavy (non-hydrogen) atoms. The number of hydrogen-bond acceptors (Lipinski definition) is 7. The van der Waals surface area contributed by atoms with Crippen LogP contribution in [0, 0.1) is 0 Å². The van der Waals surface area contributed by atoms with Crippen LogP contribution in [-0.2, 0) is 9.84 Å². The second-order valence-electron chi connectivity index (χ2n) is 10.3. The lowest BCUT2D eigenvalue weighted by atomic mass is 9.96. The normalized spacial score (nSPS) is 23.6. The summed E-state index contributed by atoms with van der Waals surface area (Å²) in [6, 6.07) is 9.68. The molecule has 1 amide bonds. The summed E-state index contributed by atoms with van der Waals surface area (Å²) in [4.78, 5) is 28.7. The zero-order valence-corrected chi connectivity index (χ0v) is 21.4. The number of carbonyl (C=O) groups excluding carboxylic acids is 1. The first-order chi connectivity index (χ1) is 16.5. The fourth-order valence-electron chi connectivity index (χ4n) is 5.63. The monoisotopic (exact) mass is 504 g/mol. The molecule has 3 heterocycles. The molecule has 4 rings (SSSR count). The number of rotatable bonds is 9. The van der Waals surface area contributed by atoms with E-state index in [2.05, 4.69) is 15.5 Å². The molecule has 10 heteroatoms. The van der Waals surface area contributed by atoms with E-state index < -0.39 is 15.9 Å². The van der Waals surface area contributed by atoms with Gasteiger partial charge in [-0.05, 0) is 57.0 Å². The summed E-state index contributed by atoms with van der Waals surface area (Å²) in [7, 11) is -3.13. The van der Waals surface area contributed by atoms with Crippen LogP contribution in [-0.4, -0.2) is 78.4 Å². The first-order valence-electron chi connectivity index (χ1n) is 12.3. The van der Waals surface area contributed by atoms with Gasteiger partial charge in [0.1, 0.15) is 5.56 Å². The number of pyridine rings is 1. The minimum absolute atomic E-state index is 0.0323. The van der Waals surface area contributed by atoms with Crippen molar-refractivity contribution in [3.8, 4) is 0 Å². The summed E-state index contributed by atoms with van der Waals surface area (Å²) in [5, 5.41) is 17.2. The quantitative estimate of drug-likeness (QED) is 0.470. The van der Waals surface area contributed by atoms with Crippen molar-refractivity contribution in [1.82, 2.24) is 20.1 Å². The molecule has 0 saturated carbocycles. The molecule has 0 aliphatic carbocycles. The third kappa shape index (κ3) is 5.94. The summed E-state index contributed by atoms with van der Waals surface area (Å²) in [6.07, 6.45) is 4.00. The summed E-state index contributed by atoms with van der Waals surface area (Å²) in [5.41, 5.74) is 0.709. The third-order valence-corrected chi connectivity index (χ3v) is 7.82. The Balaban J connectivity index is 1.41. The van der Waals surface area contributed by atoms with E-state index in [1.54, 1.807) is 10.6 Å². The number of nitrogens with zero attached hydrogens (tertiary/aromatic N) is 2. The number of para-hydroxylation sites is 1. The van der Waals surface area contributed by atoms with Crippen molar-refractivity contribution >= 4 is 26.6 Å². The van der Waals surface area contributed by atoms with E-state index >= 15 is 0 Å². The van der Waals surface area contributed by atoms with Crippen LogP contribution in [0.3, 0.4) is 0 Å². The Kier molecular flexibility index (Phi) is 7.65. The van der Waals surface area contributed by atoms with E-state index in [0.29, 0.717) is 6.54 Å². The number of fused-ring (bicyclic) bond motifs is 3. The Morgan fingerprint density at radius 2 is 1.83 bits per heavy atom. The molecule has 2 bridgehead atoms. The topological polar surface area (TPSA) is 121 Å². The maximum atomic E-state index is 13.2. The molecule has 2 aromatic rings. The average Bonchev–Trinajstić information content (AvgIpc) is 2.99. The number of hydrogen-bond donors (Lipinski definition) is 3. The standard InChI is InChI=1S/C25H36N4O5S/c1-16(2)29-23-7-5-4-6-17(23)10-22(25(29)32)24(31)27-18-11-19-8-9-20(12-18)28(19)14-21(30)13-26-15-35(3,33)34/h4-7,10,16,18-21,26,30H,8-9,11-15H2,1-3H3,(H,27,31)/t19-,20-,21+/m0/s1. The van der Waals surface area contributed by atoms with Gasteiger partial charge in [-0.3, -0.25) is 14.5 Å². The molecular weight excluding hydrogens is 468 g/mol. The zero-order valence-electron chi connectivity index (χ0n) is 20.6. The van der Waals surface area contributed by atoms with Gasteiger partial charge in [-0.1, -0.05) is 18.2 Å². The Bertz CT molecular complexity index is 1230. The molecule has 3 atom stereocenters. The van der Waals surface area contributed by atoms with Gasteiger partial charge in [0.25, 0.3) is 11.5 Å². The van der Waals surface area contributed by atoms with Crippen LogP contribution in [0.1, 0.15) is 55.9 Å². The van der Waals surface area contributed by atoms with Crippen molar-refractivity contribution in [3.05, 3.63) is 46.2 Å². The van der Waals surface area contributed by atoms with E-state index in [4.69, 9.17) is 0 Å². The summed E-state index contributed by atoms with van der Waals surface area (Å²) >= 11 is 0. The average molecular weight is 505 g/mol. The van der Waals surface area contributed by atoms with Gasteiger partial charge in [-0.2, -0.15) is 0 Å². The van der Waals surface area contributed by atoms with Crippen LogP contribution in [0.2, 0.25) is 0 Å². The fourth-order valence-corrected chi connectivity index (χ4v) is 6.12. The number of amides is 1. The van der Waals surface area contributed by atoms with E-state index in [-0.39, 0.29) is 53.6 Å². The molecule has 0 radical (unpaired) electrons. The number of nitrogens with one attached hydrogen (secondary N) is 2. The van der Waals surface area contributed by atoms with E-state index in [1.165, 1.54) is 0 Å². The largest absolute Gasteiger partial charge is 0.390 e. The van der Waals surface area contributed by atoms with E-state index in [9.17, 15) is 23.1 Å². The number of carbonyl (C=O) groups is 1. The SMILES string of the molecule is CC(C)n1c(=O)c(C(=O)NC2C[C@@H]3CC[C@@H](C2)N3C[C@H](O)CNCS(C)(=O)=O)cc2ccccc21. The molecule has 1 aromatic carbocycles. The molecule has 2 fully saturated rings. The smallest absolute Gasteiger partial charge is 0.264 e. The highest BCUT2D eigenvalue weighted by Crippen LogP contribution is 2.35. The van der Waals surface area contributed by atoms with Crippen molar-refractivity contribution in [2.75, 3.05) is 25.2 Å². The van der Waals surface area contributed by atoms with Gasteiger partial charge in [0, 0.05) is 43.5 Å². The first-order valence-corrected chi connectivity index (χ1v) is 14.4. The number of benzene rings is 1. The fraction of sp³-hybridized carbons (Fsp3) is 0.600. The lowest BCUT2D eigenvalue weighted by Crippen LogP contribution is -2.53. The molecule has 0 unspecified atom stereocenters. The number of aliphatic hydroxyl groups excluding tert-OH is 1. The van der Waals surface area contributed by atoms with Crippen molar-refractivity contribution in [1.29, 1.82) is 0 Å². The van der Waals surface area contributed by atoms with Crippen LogP contribution in [0.4, 0.5) is 0 Å². The second-order valence-corrected chi connectivity index (χ2v) is 12.4. The highest BCUT2D eigenvalue weighted by Gasteiger charge is 2.41. The molecule has 2 saturated heterocycles. The summed E-state index contributed by atoms with van der Waals surface area (Å²) in [6.45, 7) is 4.56. The number of aromatic nitrogens is 1. The predicted molar refractivity (Wildman–Crippen MR) is 136 cm³/mol. The molecule has 2 aliphatic rings. The lowest BCUT2D eigenvalue weighted by Gasteiger charge is -2.40. The highest BCUT2D eigenvalue weighted by atomic mass is 32.2. The van der Waals surface area contributed by atoms with Crippen molar-refractivity contribution in [2.24, 2.45) is 0 Å². The number of sulfone groups is 1. The Morgan fingerprint density at radius 3 is 2.46 bits per heavy atom. The molecule has 2 aliphatic heterocycles. The highest BCUT2D eigenvalue weighted by molar-refractivity contribution is 7.90. The second kappa shape index (κ2) is 10.4. The van der Waals surface area contributed by atoms with Gasteiger partial charge in [-0.25, -0.2) is 8.42 Å². The first kappa shape index (κ1) is 25.8. The predicted octanol–water partition coefficient (Wildman–Crippen LogP) is 1.26. The third-order valence-electron chi connectivity index (χ3n) is 7.09. The Hall–Kier alpha value is -2.27. The maximum Gasteiger partial charge on any atom is 0.264 e. The zero-order chi connectivity index (χ0) is 25.3. The Morgan fingerprint density at radius 1 is 1.17 bits per heavy atom. The maximum absolute atomic E-state index is 13.2. The van der Waals surface area contributed by atoms with Gasteiger partial charge in [0.15, 0.2) is 9.84 Å². The van der Waals surface area contributed by atoms with Crippen LogP contribution in [0.15, 0.2) is 35.1 Å². The molecule has 9 nitrogen and oxygen atoms in total. The molecular formula is C25H36N4O5S. The molecule has 1 aromatic heterocycles. The van der Waals surface area contributed by atoms with Crippen molar-refractivity contribution < 1.29 is 18.3 Å². The van der Waals surface area contributed by atoms with Crippen LogP contribution in [0.5, 0.6) is 0 Å². The number of aliphatic hydroxyl groups is 1. The van der Waals surface area contributed by atoms with Gasteiger partial charge < -0.3 is 20.3 Å². The molecule has 0 spiro atoms. The number of piperidine rings is 1. The van der Waals surface area contributed by atoms with Crippen LogP contribution < -0.4 is 16.2 Å². The van der Waals surface area contributed by atoms with Gasteiger partial charge in [-0.15, -0.1) is 0 Å². The van der Waals surface area contributed by atoms with Crippen LogP contribution in [0.25, 0.3) is 10.9 Å². The molecule has 3 N–H and O–H groups in total.